The number of methoxy groups -OCH3 is 1. The van der Waals surface area contributed by atoms with Crippen molar-refractivity contribution in [3.8, 4) is 5.88 Å². The molecule has 18 heavy (non-hydrogen) atoms. The van der Waals surface area contributed by atoms with Gasteiger partial charge in [-0.1, -0.05) is 6.92 Å². The minimum absolute atomic E-state index is 0.278. The molecule has 0 spiro atoms. The predicted molar refractivity (Wildman–Crippen MR) is 69.9 cm³/mol. The second kappa shape index (κ2) is 6.54. The third-order valence-electron chi connectivity index (χ3n) is 3.18. The summed E-state index contributed by atoms with van der Waals surface area (Å²) in [6.45, 7) is 2.75. The highest BCUT2D eigenvalue weighted by Gasteiger charge is 2.27. The summed E-state index contributed by atoms with van der Waals surface area (Å²) in [4.78, 5) is 8.31. The van der Waals surface area contributed by atoms with E-state index in [1.54, 1.807) is 7.11 Å². The number of aromatic nitrogens is 2. The molecule has 1 aliphatic carbocycles. The van der Waals surface area contributed by atoms with Crippen molar-refractivity contribution >= 4 is 5.82 Å². The van der Waals surface area contributed by atoms with Crippen LogP contribution in [0.4, 0.5) is 5.82 Å². The zero-order valence-electron chi connectivity index (χ0n) is 11.1. The predicted octanol–water partition coefficient (Wildman–Crippen LogP) is 2.24. The van der Waals surface area contributed by atoms with Crippen molar-refractivity contribution in [1.29, 1.82) is 0 Å². The Morgan fingerprint density at radius 2 is 2.28 bits per heavy atom. The fraction of sp³-hybridized carbons (Fsp3) is 0.692. The molecular formula is C13H21N3O2. The first-order chi connectivity index (χ1) is 8.83. The van der Waals surface area contributed by atoms with Gasteiger partial charge < -0.3 is 14.8 Å². The molecule has 0 amide bonds. The highest BCUT2D eigenvalue weighted by atomic mass is 16.5. The molecule has 1 aromatic heterocycles. The maximum atomic E-state index is 5.49. The lowest BCUT2D eigenvalue weighted by Crippen LogP contribution is -2.30. The van der Waals surface area contributed by atoms with Crippen LogP contribution in [-0.2, 0) is 4.74 Å². The lowest BCUT2D eigenvalue weighted by Gasteiger charge is -2.20. The highest BCUT2D eigenvalue weighted by Crippen LogP contribution is 2.25. The minimum atomic E-state index is 0.278. The van der Waals surface area contributed by atoms with Crippen LogP contribution in [0.25, 0.3) is 0 Å². The van der Waals surface area contributed by atoms with E-state index in [-0.39, 0.29) is 6.10 Å². The van der Waals surface area contributed by atoms with Crippen LogP contribution in [0.5, 0.6) is 5.88 Å². The molecule has 1 N–H and O–H groups in total. The van der Waals surface area contributed by atoms with Crippen LogP contribution in [-0.4, -0.2) is 35.8 Å². The van der Waals surface area contributed by atoms with Crippen LogP contribution in [0.2, 0.25) is 0 Å². The topological polar surface area (TPSA) is 56.3 Å². The second-order valence-corrected chi connectivity index (χ2v) is 4.55. The van der Waals surface area contributed by atoms with Gasteiger partial charge in [0.15, 0.2) is 0 Å². The van der Waals surface area contributed by atoms with Gasteiger partial charge in [0.1, 0.15) is 12.1 Å². The Hall–Kier alpha value is -1.36. The summed E-state index contributed by atoms with van der Waals surface area (Å²) in [6.07, 6.45) is 6.21. The zero-order valence-corrected chi connectivity index (χ0v) is 11.1. The Morgan fingerprint density at radius 1 is 1.39 bits per heavy atom. The van der Waals surface area contributed by atoms with E-state index in [9.17, 15) is 0 Å². The van der Waals surface area contributed by atoms with Crippen LogP contribution in [0, 0.1) is 0 Å². The first-order valence-electron chi connectivity index (χ1n) is 6.57. The van der Waals surface area contributed by atoms with Crippen molar-refractivity contribution in [3.05, 3.63) is 12.4 Å². The summed E-state index contributed by atoms with van der Waals surface area (Å²) in [7, 11) is 1.76. The number of ether oxygens (including phenoxy) is 2. The Kier molecular flexibility index (Phi) is 4.75. The monoisotopic (exact) mass is 251 g/mol. The summed E-state index contributed by atoms with van der Waals surface area (Å²) in [5, 5.41) is 3.40. The van der Waals surface area contributed by atoms with Crippen molar-refractivity contribution in [2.45, 2.75) is 44.8 Å². The fourth-order valence-electron chi connectivity index (χ4n) is 2.27. The van der Waals surface area contributed by atoms with E-state index in [1.165, 1.54) is 12.7 Å². The van der Waals surface area contributed by atoms with Gasteiger partial charge in [-0.05, 0) is 25.7 Å². The molecule has 100 valence electrons. The van der Waals surface area contributed by atoms with E-state index in [1.807, 2.05) is 6.07 Å². The van der Waals surface area contributed by atoms with Crippen molar-refractivity contribution in [2.75, 3.05) is 19.0 Å². The molecule has 5 heteroatoms. The molecule has 1 aliphatic rings. The van der Waals surface area contributed by atoms with Crippen LogP contribution in [0.15, 0.2) is 12.4 Å². The van der Waals surface area contributed by atoms with Crippen molar-refractivity contribution < 1.29 is 9.47 Å². The van der Waals surface area contributed by atoms with E-state index >= 15 is 0 Å². The Bertz CT molecular complexity index is 373. The molecule has 1 saturated carbocycles. The van der Waals surface area contributed by atoms with Crippen LogP contribution in [0.3, 0.4) is 0 Å². The molecule has 0 radical (unpaired) electrons. The summed E-state index contributed by atoms with van der Waals surface area (Å²) in [6, 6.07) is 2.18. The smallest absolute Gasteiger partial charge is 0.218 e. The summed E-state index contributed by atoms with van der Waals surface area (Å²) in [5.41, 5.74) is 0. The molecule has 0 bridgehead atoms. The maximum Gasteiger partial charge on any atom is 0.218 e. The minimum Gasteiger partial charge on any atom is -0.478 e. The summed E-state index contributed by atoms with van der Waals surface area (Å²) >= 11 is 0. The largest absolute Gasteiger partial charge is 0.478 e. The number of hydrogen-bond acceptors (Lipinski definition) is 5. The van der Waals surface area contributed by atoms with Gasteiger partial charge in [0.25, 0.3) is 0 Å². The first-order valence-corrected chi connectivity index (χ1v) is 6.57. The first kappa shape index (κ1) is 13.1. The highest BCUT2D eigenvalue weighted by molar-refractivity contribution is 5.38. The van der Waals surface area contributed by atoms with E-state index in [0.29, 0.717) is 18.5 Å². The Morgan fingerprint density at radius 3 is 3.06 bits per heavy atom. The molecule has 1 aromatic rings. The molecule has 2 rings (SSSR count). The maximum absolute atomic E-state index is 5.49. The van der Waals surface area contributed by atoms with E-state index in [0.717, 1.165) is 25.1 Å². The van der Waals surface area contributed by atoms with Gasteiger partial charge in [-0.3, -0.25) is 0 Å². The number of nitrogens with one attached hydrogen (secondary N) is 1. The molecule has 5 nitrogen and oxygen atoms in total. The van der Waals surface area contributed by atoms with Gasteiger partial charge in [0.2, 0.25) is 5.88 Å². The molecule has 0 saturated heterocycles. The second-order valence-electron chi connectivity index (χ2n) is 4.55. The van der Waals surface area contributed by atoms with Crippen molar-refractivity contribution in [2.24, 2.45) is 0 Å². The summed E-state index contributed by atoms with van der Waals surface area (Å²) in [5.74, 6) is 1.44. The third-order valence-corrected chi connectivity index (χ3v) is 3.18. The van der Waals surface area contributed by atoms with E-state index < -0.39 is 0 Å². The average molecular weight is 251 g/mol. The number of nitrogens with zero attached hydrogens (tertiary/aromatic N) is 2. The van der Waals surface area contributed by atoms with Crippen LogP contribution in [0.1, 0.15) is 32.6 Å². The lowest BCUT2D eigenvalue weighted by atomic mass is 10.2. The molecule has 0 aliphatic heterocycles. The SMILES string of the molecule is CCCOc1cc(NC2CCCC2OC)ncn1. The van der Waals surface area contributed by atoms with Gasteiger partial charge in [-0.15, -0.1) is 0 Å². The van der Waals surface area contributed by atoms with Gasteiger partial charge in [-0.25, -0.2) is 9.97 Å². The molecule has 2 unspecified atom stereocenters. The van der Waals surface area contributed by atoms with Gasteiger partial charge in [0.05, 0.1) is 18.8 Å². The quantitative estimate of drug-likeness (QED) is 0.840. The zero-order chi connectivity index (χ0) is 12.8. The van der Waals surface area contributed by atoms with Gasteiger partial charge >= 0.3 is 0 Å². The van der Waals surface area contributed by atoms with E-state index in [4.69, 9.17) is 9.47 Å². The Labute approximate surface area is 108 Å². The van der Waals surface area contributed by atoms with Gasteiger partial charge in [-0.2, -0.15) is 0 Å². The van der Waals surface area contributed by atoms with E-state index in [2.05, 4.69) is 22.2 Å². The number of anilines is 1. The fourth-order valence-corrected chi connectivity index (χ4v) is 2.27. The van der Waals surface area contributed by atoms with Crippen molar-refractivity contribution in [3.63, 3.8) is 0 Å². The molecule has 1 heterocycles. The molecule has 0 aromatic carbocycles. The average Bonchev–Trinajstić information content (AvgIpc) is 2.84. The number of rotatable bonds is 6. The normalized spacial score (nSPS) is 23.0. The van der Waals surface area contributed by atoms with Crippen LogP contribution >= 0.6 is 0 Å². The number of hydrogen-bond donors (Lipinski definition) is 1. The van der Waals surface area contributed by atoms with Crippen molar-refractivity contribution in [1.82, 2.24) is 9.97 Å². The van der Waals surface area contributed by atoms with Crippen LogP contribution < -0.4 is 10.1 Å². The molecule has 2 atom stereocenters. The Balaban J connectivity index is 1.96. The summed E-state index contributed by atoms with van der Waals surface area (Å²) < 4.78 is 10.9. The molecule has 1 fully saturated rings. The van der Waals surface area contributed by atoms with Gasteiger partial charge in [0, 0.05) is 13.2 Å². The molecular weight excluding hydrogens is 230 g/mol. The lowest BCUT2D eigenvalue weighted by molar-refractivity contribution is 0.101. The standard InChI is InChI=1S/C13H21N3O2/c1-3-7-18-13-8-12(14-9-15-13)16-10-5-4-6-11(10)17-2/h8-11H,3-7H2,1-2H3,(H,14,15,16). The third kappa shape index (κ3) is 3.32.